The van der Waals surface area contributed by atoms with Gasteiger partial charge in [0.05, 0.1) is 0 Å². The molecule has 1 aliphatic rings. The van der Waals surface area contributed by atoms with Crippen molar-refractivity contribution in [2.24, 2.45) is 11.8 Å². The van der Waals surface area contributed by atoms with Crippen molar-refractivity contribution >= 4 is 16.5 Å². The molecule has 7 heteroatoms. The minimum atomic E-state index is -4.39. The van der Waals surface area contributed by atoms with Gasteiger partial charge in [0.1, 0.15) is 0 Å². The normalized spacial score (nSPS) is 24.4. The van der Waals surface area contributed by atoms with Crippen LogP contribution in [0.4, 0.5) is 18.3 Å². The molecule has 1 aromatic heterocycles. The van der Waals surface area contributed by atoms with Crippen LogP contribution in [0.15, 0.2) is 0 Å². The van der Waals surface area contributed by atoms with Crippen molar-refractivity contribution < 1.29 is 13.2 Å². The van der Waals surface area contributed by atoms with Crippen molar-refractivity contribution in [2.75, 3.05) is 11.9 Å². The van der Waals surface area contributed by atoms with Gasteiger partial charge in [0.15, 0.2) is 0 Å². The average molecular weight is 293 g/mol. The van der Waals surface area contributed by atoms with Gasteiger partial charge in [-0.25, -0.2) is 0 Å². The van der Waals surface area contributed by atoms with Gasteiger partial charge in [-0.3, -0.25) is 0 Å². The number of anilines is 1. The molecule has 0 saturated heterocycles. The molecule has 0 aromatic carbocycles. The number of aromatic nitrogens is 2. The van der Waals surface area contributed by atoms with Crippen molar-refractivity contribution in [1.29, 1.82) is 0 Å². The van der Waals surface area contributed by atoms with E-state index in [4.69, 9.17) is 0 Å². The van der Waals surface area contributed by atoms with Crippen molar-refractivity contribution in [1.82, 2.24) is 10.2 Å². The molecule has 0 spiro atoms. The lowest BCUT2D eigenvalue weighted by Crippen LogP contribution is -2.20. The van der Waals surface area contributed by atoms with E-state index in [2.05, 4.69) is 22.4 Å². The summed E-state index contributed by atoms with van der Waals surface area (Å²) in [5, 5.41) is 9.06. The van der Waals surface area contributed by atoms with Crippen LogP contribution in [-0.4, -0.2) is 16.7 Å². The zero-order chi connectivity index (χ0) is 13.9. The first kappa shape index (κ1) is 14.6. The van der Waals surface area contributed by atoms with Crippen LogP contribution < -0.4 is 5.32 Å². The lowest BCUT2D eigenvalue weighted by atomic mass is 9.81. The van der Waals surface area contributed by atoms with E-state index in [1.807, 2.05) is 0 Å². The summed E-state index contributed by atoms with van der Waals surface area (Å²) in [6, 6.07) is 0. The number of hydrogen-bond donors (Lipinski definition) is 1. The average Bonchev–Trinajstić information content (AvgIpc) is 2.86. The summed E-state index contributed by atoms with van der Waals surface area (Å²) in [4.78, 5) is 0. The van der Waals surface area contributed by atoms with Gasteiger partial charge >= 0.3 is 6.18 Å². The Hall–Kier alpha value is -0.850. The van der Waals surface area contributed by atoms with Crippen LogP contribution >= 0.6 is 11.3 Å². The predicted molar refractivity (Wildman–Crippen MR) is 69.1 cm³/mol. The number of alkyl halides is 3. The molecule has 0 amide bonds. The molecule has 0 radical (unpaired) electrons. The molecule has 1 aliphatic carbocycles. The second-order valence-electron chi connectivity index (χ2n) is 5.09. The smallest absolute Gasteiger partial charge is 0.360 e. The molecule has 0 aliphatic heterocycles. The lowest BCUT2D eigenvalue weighted by molar-refractivity contribution is -0.138. The Balaban J connectivity index is 1.78. The second-order valence-corrected chi connectivity index (χ2v) is 6.06. The van der Waals surface area contributed by atoms with Gasteiger partial charge in [-0.2, -0.15) is 13.2 Å². The molecule has 2 rings (SSSR count). The first-order valence-electron chi connectivity index (χ1n) is 6.63. The summed E-state index contributed by atoms with van der Waals surface area (Å²) in [7, 11) is 0. The van der Waals surface area contributed by atoms with Crippen LogP contribution in [0.3, 0.4) is 0 Å². The molecular formula is C12H18F3N3S. The molecule has 3 nitrogen and oxygen atoms in total. The largest absolute Gasteiger partial charge is 0.445 e. The van der Waals surface area contributed by atoms with Crippen LogP contribution in [0.1, 0.15) is 44.0 Å². The SMILES string of the molecule is CCC1CCC(CNc2nnc(C(F)(F)F)s2)CC1. The molecule has 0 atom stereocenters. The van der Waals surface area contributed by atoms with E-state index in [1.54, 1.807) is 0 Å². The number of nitrogens with one attached hydrogen (secondary N) is 1. The first-order chi connectivity index (χ1) is 8.99. The van der Waals surface area contributed by atoms with Crippen LogP contribution in [-0.2, 0) is 6.18 Å². The highest BCUT2D eigenvalue weighted by atomic mass is 32.1. The van der Waals surface area contributed by atoms with E-state index in [-0.39, 0.29) is 5.13 Å². The van der Waals surface area contributed by atoms with E-state index < -0.39 is 11.2 Å². The fourth-order valence-corrected chi connectivity index (χ4v) is 3.10. The van der Waals surface area contributed by atoms with Gasteiger partial charge in [0.25, 0.3) is 0 Å². The van der Waals surface area contributed by atoms with Gasteiger partial charge in [-0.15, -0.1) is 10.2 Å². The molecule has 1 aromatic rings. The Labute approximate surface area is 114 Å². The Morgan fingerprint density at radius 1 is 1.16 bits per heavy atom. The van der Waals surface area contributed by atoms with Crippen LogP contribution in [0, 0.1) is 11.8 Å². The third-order valence-corrected chi connectivity index (χ3v) is 4.68. The second kappa shape index (κ2) is 6.07. The highest BCUT2D eigenvalue weighted by Crippen LogP contribution is 2.34. The molecule has 0 bridgehead atoms. The van der Waals surface area contributed by atoms with E-state index >= 15 is 0 Å². The third-order valence-electron chi connectivity index (χ3n) is 3.75. The summed E-state index contributed by atoms with van der Waals surface area (Å²) in [6.45, 7) is 2.91. The summed E-state index contributed by atoms with van der Waals surface area (Å²) in [6.07, 6.45) is 1.59. The standard InChI is InChI=1S/C12H18F3N3S/c1-2-8-3-5-9(6-4-8)7-16-11-18-17-10(19-11)12(13,14)15/h8-9H,2-7H2,1H3,(H,16,18). The molecule has 1 fully saturated rings. The summed E-state index contributed by atoms with van der Waals surface area (Å²) in [5.74, 6) is 1.37. The number of nitrogens with zero attached hydrogens (tertiary/aromatic N) is 2. The minimum absolute atomic E-state index is 0.268. The van der Waals surface area contributed by atoms with Crippen LogP contribution in [0.25, 0.3) is 0 Å². The number of halogens is 3. The predicted octanol–water partition coefficient (Wildman–Crippen LogP) is 4.19. The Morgan fingerprint density at radius 2 is 1.79 bits per heavy atom. The molecule has 1 saturated carbocycles. The fourth-order valence-electron chi connectivity index (χ4n) is 2.48. The van der Waals surface area contributed by atoms with E-state index in [1.165, 1.54) is 19.3 Å². The first-order valence-corrected chi connectivity index (χ1v) is 7.45. The molecule has 0 unspecified atom stereocenters. The molecule has 1 N–H and O–H groups in total. The minimum Gasteiger partial charge on any atom is -0.360 e. The van der Waals surface area contributed by atoms with Gasteiger partial charge in [0, 0.05) is 6.54 Å². The van der Waals surface area contributed by atoms with Crippen molar-refractivity contribution in [3.05, 3.63) is 5.01 Å². The molecule has 108 valence electrons. The fraction of sp³-hybridized carbons (Fsp3) is 0.833. The van der Waals surface area contributed by atoms with E-state index in [0.717, 1.165) is 18.8 Å². The maximum absolute atomic E-state index is 12.4. The van der Waals surface area contributed by atoms with Gasteiger partial charge in [-0.1, -0.05) is 37.5 Å². The van der Waals surface area contributed by atoms with Gasteiger partial charge in [0.2, 0.25) is 10.1 Å². The quantitative estimate of drug-likeness (QED) is 0.904. The highest BCUT2D eigenvalue weighted by Gasteiger charge is 2.35. The highest BCUT2D eigenvalue weighted by molar-refractivity contribution is 7.15. The zero-order valence-electron chi connectivity index (χ0n) is 10.8. The molecular weight excluding hydrogens is 275 g/mol. The van der Waals surface area contributed by atoms with Gasteiger partial charge in [-0.05, 0) is 24.7 Å². The molecule has 1 heterocycles. The van der Waals surface area contributed by atoms with E-state index in [0.29, 0.717) is 23.8 Å². The topological polar surface area (TPSA) is 37.8 Å². The lowest BCUT2D eigenvalue weighted by Gasteiger charge is -2.27. The monoisotopic (exact) mass is 293 g/mol. The third kappa shape index (κ3) is 4.06. The Kier molecular flexibility index (Phi) is 4.65. The number of hydrogen-bond acceptors (Lipinski definition) is 4. The van der Waals surface area contributed by atoms with Gasteiger partial charge < -0.3 is 5.32 Å². The van der Waals surface area contributed by atoms with Crippen LogP contribution in [0.5, 0.6) is 0 Å². The maximum Gasteiger partial charge on any atom is 0.445 e. The summed E-state index contributed by atoms with van der Waals surface area (Å²) < 4.78 is 37.1. The number of rotatable bonds is 4. The van der Waals surface area contributed by atoms with Crippen molar-refractivity contribution in [3.8, 4) is 0 Å². The van der Waals surface area contributed by atoms with Crippen LogP contribution in [0.2, 0.25) is 0 Å². The maximum atomic E-state index is 12.4. The summed E-state index contributed by atoms with van der Waals surface area (Å²) in [5.41, 5.74) is 0. The van der Waals surface area contributed by atoms with Crippen molar-refractivity contribution in [2.45, 2.75) is 45.2 Å². The summed E-state index contributed by atoms with van der Waals surface area (Å²) >= 11 is 0.575. The zero-order valence-corrected chi connectivity index (χ0v) is 11.7. The van der Waals surface area contributed by atoms with E-state index in [9.17, 15) is 13.2 Å². The Morgan fingerprint density at radius 3 is 2.32 bits per heavy atom. The molecule has 19 heavy (non-hydrogen) atoms. The Bertz CT molecular complexity index is 397. The van der Waals surface area contributed by atoms with Crippen molar-refractivity contribution in [3.63, 3.8) is 0 Å².